The number of aromatic nitrogens is 1. The van der Waals surface area contributed by atoms with Gasteiger partial charge >= 0.3 is 0 Å². The van der Waals surface area contributed by atoms with Gasteiger partial charge in [0.15, 0.2) is 0 Å². The van der Waals surface area contributed by atoms with Gasteiger partial charge in [-0.1, -0.05) is 29.3 Å². The molecule has 0 aliphatic carbocycles. The highest BCUT2D eigenvalue weighted by Crippen LogP contribution is 2.30. The largest absolute Gasteiger partial charge is 0.350 e. The van der Waals surface area contributed by atoms with Crippen LogP contribution < -0.4 is 9.62 Å². The summed E-state index contributed by atoms with van der Waals surface area (Å²) in [5.41, 5.74) is 1.06. The summed E-state index contributed by atoms with van der Waals surface area (Å²) in [6.45, 7) is 0.450. The molecule has 140 valence electrons. The van der Waals surface area contributed by atoms with Crippen LogP contribution in [0.2, 0.25) is 10.0 Å². The van der Waals surface area contributed by atoms with Crippen molar-refractivity contribution in [3.8, 4) is 0 Å². The van der Waals surface area contributed by atoms with E-state index in [1.807, 2.05) is 12.1 Å². The molecular weight excluding hydrogens is 397 g/mol. The fourth-order valence-corrected chi connectivity index (χ4v) is 3.71. The van der Waals surface area contributed by atoms with Crippen molar-refractivity contribution in [3.05, 3.63) is 58.3 Å². The van der Waals surface area contributed by atoms with Crippen LogP contribution in [0, 0.1) is 0 Å². The van der Waals surface area contributed by atoms with E-state index in [0.29, 0.717) is 23.7 Å². The molecule has 0 saturated heterocycles. The highest BCUT2D eigenvalue weighted by Gasteiger charge is 2.20. The van der Waals surface area contributed by atoms with Gasteiger partial charge in [-0.05, 0) is 36.8 Å². The molecule has 0 spiro atoms. The Balaban J connectivity index is 1.94. The molecule has 1 amide bonds. The lowest BCUT2D eigenvalue weighted by Crippen LogP contribution is -2.32. The molecule has 0 unspecified atom stereocenters. The van der Waals surface area contributed by atoms with Crippen LogP contribution in [-0.4, -0.2) is 32.1 Å². The van der Waals surface area contributed by atoms with E-state index >= 15 is 0 Å². The summed E-state index contributed by atoms with van der Waals surface area (Å²) in [7, 11) is -3.56. The van der Waals surface area contributed by atoms with Crippen molar-refractivity contribution in [3.63, 3.8) is 0 Å². The van der Waals surface area contributed by atoms with Crippen molar-refractivity contribution in [1.82, 2.24) is 10.3 Å². The van der Waals surface area contributed by atoms with Gasteiger partial charge in [-0.25, -0.2) is 8.42 Å². The Morgan fingerprint density at radius 2 is 2.00 bits per heavy atom. The number of anilines is 1. The van der Waals surface area contributed by atoms with E-state index in [1.165, 1.54) is 12.1 Å². The number of pyridine rings is 1. The second-order valence-corrected chi connectivity index (χ2v) is 8.38. The average molecular weight is 416 g/mol. The highest BCUT2D eigenvalue weighted by molar-refractivity contribution is 7.92. The second-order valence-electron chi connectivity index (χ2n) is 5.63. The number of nitrogens with zero attached hydrogens (tertiary/aromatic N) is 2. The Hall–Kier alpha value is -1.83. The van der Waals surface area contributed by atoms with Crippen molar-refractivity contribution in [2.24, 2.45) is 0 Å². The van der Waals surface area contributed by atoms with Crippen LogP contribution in [0.5, 0.6) is 0 Å². The lowest BCUT2D eigenvalue weighted by molar-refractivity contribution is -0.121. The van der Waals surface area contributed by atoms with Crippen molar-refractivity contribution < 1.29 is 13.2 Å². The quantitative estimate of drug-likeness (QED) is 0.717. The monoisotopic (exact) mass is 415 g/mol. The van der Waals surface area contributed by atoms with Crippen LogP contribution in [0.4, 0.5) is 5.69 Å². The Labute approximate surface area is 163 Å². The molecule has 1 aromatic carbocycles. The molecule has 1 N–H and O–H groups in total. The third-order valence-electron chi connectivity index (χ3n) is 3.54. The number of amides is 1. The van der Waals surface area contributed by atoms with Gasteiger partial charge in [-0.15, -0.1) is 0 Å². The molecule has 1 heterocycles. The molecule has 0 aliphatic rings. The minimum Gasteiger partial charge on any atom is -0.350 e. The topological polar surface area (TPSA) is 79.4 Å². The number of nitrogens with one attached hydrogen (secondary N) is 1. The summed E-state index contributed by atoms with van der Waals surface area (Å²) >= 11 is 12.0. The number of carbonyl (C=O) groups is 1. The molecule has 0 aliphatic heterocycles. The summed E-state index contributed by atoms with van der Waals surface area (Å²) in [6, 6.07) is 10.1. The van der Waals surface area contributed by atoms with Crippen LogP contribution in [0.3, 0.4) is 0 Å². The van der Waals surface area contributed by atoms with Gasteiger partial charge in [-0.2, -0.15) is 0 Å². The van der Waals surface area contributed by atoms with Crippen LogP contribution >= 0.6 is 23.2 Å². The first-order valence-electron chi connectivity index (χ1n) is 7.87. The summed E-state index contributed by atoms with van der Waals surface area (Å²) in [4.78, 5) is 16.1. The molecule has 0 saturated carbocycles. The summed E-state index contributed by atoms with van der Waals surface area (Å²) < 4.78 is 25.4. The smallest absolute Gasteiger partial charge is 0.232 e. The molecule has 0 bridgehead atoms. The first-order valence-corrected chi connectivity index (χ1v) is 10.5. The number of hydrogen-bond donors (Lipinski definition) is 1. The number of benzene rings is 1. The Bertz CT molecular complexity index is 861. The minimum atomic E-state index is -3.56. The van der Waals surface area contributed by atoms with Gasteiger partial charge in [0.25, 0.3) is 0 Å². The molecule has 9 heteroatoms. The first-order chi connectivity index (χ1) is 12.3. The number of rotatable bonds is 8. The SMILES string of the molecule is CS(=O)(=O)N(CCCC(=O)NCc1ccccn1)c1cc(Cl)ccc1Cl. The number of sulfonamides is 1. The molecule has 0 radical (unpaired) electrons. The van der Waals surface area contributed by atoms with Crippen LogP contribution in [0.1, 0.15) is 18.5 Å². The van der Waals surface area contributed by atoms with Gasteiger partial charge in [-0.3, -0.25) is 14.1 Å². The fraction of sp³-hybridized carbons (Fsp3) is 0.294. The number of carbonyl (C=O) groups excluding carboxylic acids is 1. The molecule has 1 aromatic heterocycles. The fourth-order valence-electron chi connectivity index (χ4n) is 2.31. The molecule has 0 fully saturated rings. The Morgan fingerprint density at radius 3 is 2.65 bits per heavy atom. The van der Waals surface area contributed by atoms with E-state index in [2.05, 4.69) is 10.3 Å². The van der Waals surface area contributed by atoms with Gasteiger partial charge in [0.1, 0.15) is 0 Å². The van der Waals surface area contributed by atoms with E-state index < -0.39 is 10.0 Å². The molecular formula is C17H19Cl2N3O3S. The predicted octanol–water partition coefficient (Wildman–Crippen LogP) is 3.25. The third-order valence-corrected chi connectivity index (χ3v) is 5.27. The van der Waals surface area contributed by atoms with Crippen molar-refractivity contribution >= 4 is 44.8 Å². The Morgan fingerprint density at radius 1 is 1.23 bits per heavy atom. The van der Waals surface area contributed by atoms with Gasteiger partial charge in [0.05, 0.1) is 29.2 Å². The van der Waals surface area contributed by atoms with Crippen LogP contribution in [0.15, 0.2) is 42.6 Å². The van der Waals surface area contributed by atoms with Gasteiger partial charge < -0.3 is 5.32 Å². The highest BCUT2D eigenvalue weighted by atomic mass is 35.5. The van der Waals surface area contributed by atoms with Gasteiger partial charge in [0, 0.05) is 24.2 Å². The minimum absolute atomic E-state index is 0.121. The standard InChI is InChI=1S/C17H19Cl2N3O3S/c1-26(24,25)22(16-11-13(18)7-8-15(16)19)10-4-6-17(23)21-12-14-5-2-3-9-20-14/h2-3,5,7-9,11H,4,6,10,12H2,1H3,(H,21,23). The number of halogens is 2. The molecule has 2 aromatic rings. The summed E-state index contributed by atoms with van der Waals surface area (Å²) in [6.07, 6.45) is 3.26. The zero-order chi connectivity index (χ0) is 19.2. The normalized spacial score (nSPS) is 11.2. The van der Waals surface area contributed by atoms with Crippen molar-refractivity contribution in [2.45, 2.75) is 19.4 Å². The van der Waals surface area contributed by atoms with E-state index in [-0.39, 0.29) is 23.9 Å². The van der Waals surface area contributed by atoms with Crippen LogP contribution in [0.25, 0.3) is 0 Å². The maximum atomic E-state index is 12.1. The lowest BCUT2D eigenvalue weighted by atomic mass is 10.2. The summed E-state index contributed by atoms with van der Waals surface area (Å²) in [5.74, 6) is -0.179. The van der Waals surface area contributed by atoms with E-state index in [9.17, 15) is 13.2 Å². The molecule has 26 heavy (non-hydrogen) atoms. The maximum Gasteiger partial charge on any atom is 0.232 e. The zero-order valence-corrected chi connectivity index (χ0v) is 16.5. The number of hydrogen-bond acceptors (Lipinski definition) is 4. The predicted molar refractivity (Wildman–Crippen MR) is 104 cm³/mol. The van der Waals surface area contributed by atoms with E-state index in [0.717, 1.165) is 16.3 Å². The first kappa shape index (κ1) is 20.5. The third kappa shape index (κ3) is 6.16. The van der Waals surface area contributed by atoms with E-state index in [4.69, 9.17) is 23.2 Å². The van der Waals surface area contributed by atoms with Crippen LogP contribution in [-0.2, 0) is 21.4 Å². The average Bonchev–Trinajstić information content (AvgIpc) is 2.59. The zero-order valence-electron chi connectivity index (χ0n) is 14.2. The van der Waals surface area contributed by atoms with Gasteiger partial charge in [0.2, 0.25) is 15.9 Å². The second kappa shape index (κ2) is 9.21. The summed E-state index contributed by atoms with van der Waals surface area (Å²) in [5, 5.41) is 3.41. The maximum absolute atomic E-state index is 12.1. The molecule has 2 rings (SSSR count). The molecule has 0 atom stereocenters. The van der Waals surface area contributed by atoms with Crippen molar-refractivity contribution in [1.29, 1.82) is 0 Å². The van der Waals surface area contributed by atoms with E-state index in [1.54, 1.807) is 18.3 Å². The Kier molecular flexibility index (Phi) is 7.25. The molecule has 6 nitrogen and oxygen atoms in total. The van der Waals surface area contributed by atoms with Crippen molar-refractivity contribution in [2.75, 3.05) is 17.1 Å². The lowest BCUT2D eigenvalue weighted by Gasteiger charge is -2.23.